The number of fused-ring (bicyclic) bond motifs is 1. The van der Waals surface area contributed by atoms with Gasteiger partial charge in [-0.05, 0) is 47.6 Å². The molecule has 2 aliphatic rings. The summed E-state index contributed by atoms with van der Waals surface area (Å²) in [5.41, 5.74) is 5.01. The molecule has 1 unspecified atom stereocenters. The second-order valence-electron chi connectivity index (χ2n) is 13.0. The Morgan fingerprint density at radius 3 is 2.36 bits per heavy atom. The summed E-state index contributed by atoms with van der Waals surface area (Å²) >= 11 is 1.44. The van der Waals surface area contributed by atoms with Crippen LogP contribution >= 0.6 is 11.8 Å². The zero-order valence-corrected chi connectivity index (χ0v) is 27.8. The van der Waals surface area contributed by atoms with Crippen LogP contribution in [0.25, 0.3) is 0 Å². The number of benzene rings is 2. The Morgan fingerprint density at radius 2 is 1.68 bits per heavy atom. The topological polar surface area (TPSA) is 76.9 Å². The van der Waals surface area contributed by atoms with Gasteiger partial charge < -0.3 is 14.4 Å². The molecule has 8 nitrogen and oxygen atoms in total. The van der Waals surface area contributed by atoms with E-state index in [4.69, 9.17) is 14.5 Å². The van der Waals surface area contributed by atoms with Crippen molar-refractivity contribution in [3.8, 4) is 11.5 Å². The molecule has 1 atom stereocenters. The maximum Gasteiger partial charge on any atom is 0.257 e. The number of aryl methyl sites for hydroxylation is 1. The average molecular weight is 619 g/mol. The normalized spacial score (nSPS) is 15.9. The number of aromatic nitrogens is 2. The van der Waals surface area contributed by atoms with E-state index in [1.54, 1.807) is 11.6 Å². The van der Waals surface area contributed by atoms with Gasteiger partial charge in [-0.3, -0.25) is 19.1 Å². The Kier molecular flexibility index (Phi) is 10.1. The van der Waals surface area contributed by atoms with Gasteiger partial charge in [-0.1, -0.05) is 82.6 Å². The number of carbonyl (C=O) groups is 1. The molecule has 3 heterocycles. The van der Waals surface area contributed by atoms with Crippen LogP contribution in [0.2, 0.25) is 0 Å². The summed E-state index contributed by atoms with van der Waals surface area (Å²) in [7, 11) is 1.78. The van der Waals surface area contributed by atoms with Crippen molar-refractivity contribution in [3.05, 3.63) is 80.8 Å². The molecule has 1 amide bonds. The summed E-state index contributed by atoms with van der Waals surface area (Å²) in [5, 5.41) is 0.332. The van der Waals surface area contributed by atoms with Gasteiger partial charge in [-0.25, -0.2) is 4.98 Å². The first-order valence-corrected chi connectivity index (χ1v) is 16.6. The van der Waals surface area contributed by atoms with Crippen LogP contribution < -0.4 is 15.0 Å². The fourth-order valence-corrected chi connectivity index (χ4v) is 6.96. The van der Waals surface area contributed by atoms with E-state index in [1.165, 1.54) is 22.9 Å². The molecule has 44 heavy (non-hydrogen) atoms. The number of ether oxygens (including phenoxy) is 2. The molecule has 2 aliphatic heterocycles. The molecule has 1 fully saturated rings. The highest BCUT2D eigenvalue weighted by Gasteiger charge is 2.30. The van der Waals surface area contributed by atoms with E-state index < -0.39 is 0 Å². The number of carbonyl (C=O) groups excluding carboxylic acids is 1. The fraction of sp³-hybridized carbons (Fsp3) is 0.514. The monoisotopic (exact) mass is 618 g/mol. The fourth-order valence-electron chi connectivity index (χ4n) is 5.74. The number of amides is 1. The van der Waals surface area contributed by atoms with Gasteiger partial charge >= 0.3 is 0 Å². The minimum atomic E-state index is -0.274. The van der Waals surface area contributed by atoms with Crippen LogP contribution in [0.5, 0.6) is 11.5 Å². The molecule has 0 radical (unpaired) electrons. The lowest BCUT2D eigenvalue weighted by Gasteiger charge is -2.36. The van der Waals surface area contributed by atoms with Gasteiger partial charge in [-0.2, -0.15) is 0 Å². The first kappa shape index (κ1) is 32.1. The molecule has 1 aromatic heterocycles. The van der Waals surface area contributed by atoms with Crippen LogP contribution in [0, 0.1) is 6.92 Å². The van der Waals surface area contributed by atoms with Crippen molar-refractivity contribution < 1.29 is 14.3 Å². The van der Waals surface area contributed by atoms with E-state index in [1.807, 2.05) is 24.0 Å². The molecule has 3 aromatic rings. The van der Waals surface area contributed by atoms with Gasteiger partial charge in [0.2, 0.25) is 12.7 Å². The van der Waals surface area contributed by atoms with Crippen molar-refractivity contribution in [1.29, 1.82) is 0 Å². The Balaban J connectivity index is 1.24. The molecule has 0 bridgehead atoms. The predicted octanol–water partition coefficient (Wildman–Crippen LogP) is 5.70. The number of piperazine rings is 1. The van der Waals surface area contributed by atoms with Crippen LogP contribution in [0.15, 0.2) is 52.4 Å². The molecule has 0 N–H and O–H groups in total. The zero-order chi connectivity index (χ0) is 31.4. The van der Waals surface area contributed by atoms with E-state index in [2.05, 4.69) is 62.9 Å². The molecular formula is C35H46N4O4S. The molecule has 1 saturated heterocycles. The second kappa shape index (κ2) is 13.8. The first-order chi connectivity index (χ1) is 21.0. The number of rotatable bonds is 10. The summed E-state index contributed by atoms with van der Waals surface area (Å²) in [6.07, 6.45) is 3.25. The maximum atomic E-state index is 13.8. The molecule has 2 aromatic carbocycles. The lowest BCUT2D eigenvalue weighted by molar-refractivity contribution is -0.132. The van der Waals surface area contributed by atoms with Crippen LogP contribution in [-0.4, -0.2) is 63.5 Å². The lowest BCUT2D eigenvalue weighted by Crippen LogP contribution is -2.50. The second-order valence-corrected chi connectivity index (χ2v) is 14.2. The third-order valence-electron chi connectivity index (χ3n) is 8.62. The summed E-state index contributed by atoms with van der Waals surface area (Å²) in [6, 6.07) is 14.6. The Hall–Kier alpha value is -3.30. The highest BCUT2D eigenvalue weighted by Crippen LogP contribution is 2.33. The third-order valence-corrected chi connectivity index (χ3v) is 9.92. The van der Waals surface area contributed by atoms with E-state index in [-0.39, 0.29) is 28.9 Å². The van der Waals surface area contributed by atoms with Gasteiger partial charge in [0.15, 0.2) is 16.7 Å². The smallest absolute Gasteiger partial charge is 0.257 e. The quantitative estimate of drug-likeness (QED) is 0.213. The molecule has 9 heteroatoms. The van der Waals surface area contributed by atoms with E-state index in [0.717, 1.165) is 61.7 Å². The van der Waals surface area contributed by atoms with Crippen LogP contribution in [0.1, 0.15) is 74.9 Å². The summed E-state index contributed by atoms with van der Waals surface area (Å²) in [4.78, 5) is 36.6. The number of nitrogens with zero attached hydrogens (tertiary/aromatic N) is 4. The predicted molar refractivity (Wildman–Crippen MR) is 176 cm³/mol. The molecule has 0 spiro atoms. The van der Waals surface area contributed by atoms with Gasteiger partial charge in [0, 0.05) is 57.4 Å². The van der Waals surface area contributed by atoms with Crippen molar-refractivity contribution in [1.82, 2.24) is 19.4 Å². The number of thioether (sulfide) groups is 1. The third kappa shape index (κ3) is 7.49. The Bertz CT molecular complexity index is 1520. The highest BCUT2D eigenvalue weighted by atomic mass is 32.2. The standard InChI is InChI=1S/C35H46N4O4S/c1-7-8-9-31(33(41)39-18-16-38(17-19-39)22-26-12-15-29-30(21-26)43-23-42-29)44-34-36-24(2)28(32(40)37(34)6)20-25-10-13-27(14-11-25)35(3,4)5/h10-15,21,31H,7-9,16-20,22-23H2,1-6H3. The molecule has 0 saturated carbocycles. The van der Waals surface area contributed by atoms with Crippen LogP contribution in [-0.2, 0) is 30.2 Å². The van der Waals surface area contributed by atoms with Gasteiger partial charge in [-0.15, -0.1) is 0 Å². The highest BCUT2D eigenvalue weighted by molar-refractivity contribution is 8.00. The van der Waals surface area contributed by atoms with Gasteiger partial charge in [0.1, 0.15) is 0 Å². The molecule has 236 valence electrons. The van der Waals surface area contributed by atoms with Crippen molar-refractivity contribution in [2.45, 2.75) is 82.7 Å². The van der Waals surface area contributed by atoms with Crippen molar-refractivity contribution >= 4 is 17.7 Å². The van der Waals surface area contributed by atoms with Crippen LogP contribution in [0.4, 0.5) is 0 Å². The van der Waals surface area contributed by atoms with E-state index in [0.29, 0.717) is 30.2 Å². The SMILES string of the molecule is CCCCC(Sc1nc(C)c(Cc2ccc(C(C)(C)C)cc2)c(=O)n1C)C(=O)N1CCN(Cc2ccc3c(c2)OCO3)CC1. The molecular weight excluding hydrogens is 572 g/mol. The largest absolute Gasteiger partial charge is 0.454 e. The minimum Gasteiger partial charge on any atom is -0.454 e. The number of hydrogen-bond donors (Lipinski definition) is 0. The Morgan fingerprint density at radius 1 is 1.00 bits per heavy atom. The lowest BCUT2D eigenvalue weighted by atomic mass is 9.86. The molecule has 5 rings (SSSR count). The van der Waals surface area contributed by atoms with Crippen molar-refractivity contribution in [2.24, 2.45) is 7.05 Å². The number of hydrogen-bond acceptors (Lipinski definition) is 7. The summed E-state index contributed by atoms with van der Waals surface area (Å²) < 4.78 is 12.6. The number of unbranched alkanes of at least 4 members (excludes halogenated alkanes) is 1. The Labute approximate surface area is 265 Å². The average Bonchev–Trinajstić information content (AvgIpc) is 3.48. The summed E-state index contributed by atoms with van der Waals surface area (Å²) in [5.74, 6) is 1.73. The van der Waals surface area contributed by atoms with Gasteiger partial charge in [0.05, 0.1) is 5.25 Å². The molecule has 0 aliphatic carbocycles. The van der Waals surface area contributed by atoms with Crippen LogP contribution in [0.3, 0.4) is 0 Å². The zero-order valence-electron chi connectivity index (χ0n) is 27.0. The first-order valence-electron chi connectivity index (χ1n) is 15.8. The van der Waals surface area contributed by atoms with E-state index in [9.17, 15) is 9.59 Å². The van der Waals surface area contributed by atoms with Crippen molar-refractivity contribution in [2.75, 3.05) is 33.0 Å². The van der Waals surface area contributed by atoms with Gasteiger partial charge in [0.25, 0.3) is 5.56 Å². The summed E-state index contributed by atoms with van der Waals surface area (Å²) in [6.45, 7) is 14.7. The maximum absolute atomic E-state index is 13.8. The minimum absolute atomic E-state index is 0.0429. The van der Waals surface area contributed by atoms with E-state index >= 15 is 0 Å². The van der Waals surface area contributed by atoms with Crippen molar-refractivity contribution in [3.63, 3.8) is 0 Å².